The van der Waals surface area contributed by atoms with E-state index in [1.807, 2.05) is 0 Å². The molecule has 0 amide bonds. The first-order valence-electron chi connectivity index (χ1n) is 6.00. The number of aromatic nitrogens is 3. The minimum absolute atomic E-state index is 0.0255. The summed E-state index contributed by atoms with van der Waals surface area (Å²) in [4.78, 5) is 11.5. The Hall–Kier alpha value is -2.46. The summed E-state index contributed by atoms with van der Waals surface area (Å²) >= 11 is 1.00. The highest BCUT2D eigenvalue weighted by molar-refractivity contribution is 7.93. The second-order valence-corrected chi connectivity index (χ2v) is 6.81. The second kappa shape index (κ2) is 5.39. The predicted octanol–water partition coefficient (Wildman–Crippen LogP) is 1.61. The van der Waals surface area contributed by atoms with Gasteiger partial charge in [0.2, 0.25) is 0 Å². The van der Waals surface area contributed by atoms with Gasteiger partial charge >= 0.3 is 5.97 Å². The molecule has 0 fully saturated rings. The molecule has 0 saturated carbocycles. The number of thiophene rings is 1. The van der Waals surface area contributed by atoms with E-state index in [0.29, 0.717) is 16.7 Å². The summed E-state index contributed by atoms with van der Waals surface area (Å²) in [6.45, 7) is 0. The number of carbonyl (C=O) groups excluding carboxylic acids is 1. The van der Waals surface area contributed by atoms with Crippen molar-refractivity contribution in [2.75, 3.05) is 11.8 Å². The molecule has 3 aromatic rings. The third-order valence-corrected chi connectivity index (χ3v) is 5.31. The highest BCUT2D eigenvalue weighted by atomic mass is 32.2. The molecule has 0 radical (unpaired) electrons. The number of carbonyl (C=O) groups is 1. The topological polar surface area (TPSA) is 114 Å². The fraction of sp³-hybridized carbons (Fsp3) is 0.0833. The van der Waals surface area contributed by atoms with Gasteiger partial charge in [0.25, 0.3) is 10.0 Å². The normalized spacial score (nSPS) is 11.5. The standard InChI is InChI=1S/C12H10N4O4S2/c1-20-12(17)11-10(4-5-21-11)22(18,19)15-7-2-3-8-9(6-7)14-16-13-8/h2-6,15H,1H3,(H,13,14,16). The van der Waals surface area contributed by atoms with E-state index >= 15 is 0 Å². The molecule has 114 valence electrons. The zero-order valence-corrected chi connectivity index (χ0v) is 12.9. The number of ether oxygens (including phenoxy) is 1. The van der Waals surface area contributed by atoms with Crippen LogP contribution in [0.2, 0.25) is 0 Å². The summed E-state index contributed by atoms with van der Waals surface area (Å²) in [5.74, 6) is -0.692. The van der Waals surface area contributed by atoms with Crippen LogP contribution in [0.5, 0.6) is 0 Å². The number of rotatable bonds is 4. The van der Waals surface area contributed by atoms with E-state index in [9.17, 15) is 13.2 Å². The van der Waals surface area contributed by atoms with Crippen molar-refractivity contribution in [3.63, 3.8) is 0 Å². The average molecular weight is 338 g/mol. The largest absolute Gasteiger partial charge is 0.465 e. The molecular weight excluding hydrogens is 328 g/mol. The average Bonchev–Trinajstić information content (AvgIpc) is 3.14. The van der Waals surface area contributed by atoms with Gasteiger partial charge in [-0.3, -0.25) is 4.72 Å². The Labute approximate surface area is 129 Å². The van der Waals surface area contributed by atoms with E-state index in [1.54, 1.807) is 18.2 Å². The Morgan fingerprint density at radius 3 is 2.82 bits per heavy atom. The molecule has 1 aromatic carbocycles. The molecule has 0 saturated heterocycles. The molecule has 0 aliphatic carbocycles. The molecule has 0 aliphatic heterocycles. The number of sulfonamides is 1. The summed E-state index contributed by atoms with van der Waals surface area (Å²) in [6, 6.07) is 6.09. The fourth-order valence-electron chi connectivity index (χ4n) is 1.86. The maximum absolute atomic E-state index is 12.4. The van der Waals surface area contributed by atoms with Gasteiger partial charge in [0.05, 0.1) is 12.8 Å². The van der Waals surface area contributed by atoms with Crippen LogP contribution in [0.3, 0.4) is 0 Å². The molecule has 3 rings (SSSR count). The zero-order chi connectivity index (χ0) is 15.7. The molecule has 0 atom stereocenters. The lowest BCUT2D eigenvalue weighted by atomic mass is 10.3. The van der Waals surface area contributed by atoms with E-state index < -0.39 is 16.0 Å². The van der Waals surface area contributed by atoms with Crippen LogP contribution >= 0.6 is 11.3 Å². The van der Waals surface area contributed by atoms with Crippen molar-refractivity contribution in [3.8, 4) is 0 Å². The number of esters is 1. The summed E-state index contributed by atoms with van der Waals surface area (Å²) in [5, 5.41) is 11.7. The van der Waals surface area contributed by atoms with Crippen LogP contribution in [0.15, 0.2) is 34.5 Å². The molecule has 0 spiro atoms. The molecule has 2 heterocycles. The van der Waals surface area contributed by atoms with Crippen LogP contribution in [0.4, 0.5) is 5.69 Å². The quantitative estimate of drug-likeness (QED) is 0.699. The lowest BCUT2D eigenvalue weighted by Crippen LogP contribution is -2.15. The highest BCUT2D eigenvalue weighted by Crippen LogP contribution is 2.25. The van der Waals surface area contributed by atoms with Gasteiger partial charge in [-0.2, -0.15) is 15.4 Å². The first kappa shape index (κ1) is 14.5. The zero-order valence-electron chi connectivity index (χ0n) is 11.2. The number of aromatic amines is 1. The predicted molar refractivity (Wildman–Crippen MR) is 80.4 cm³/mol. The maximum atomic E-state index is 12.4. The number of hydrogen-bond acceptors (Lipinski definition) is 7. The summed E-state index contributed by atoms with van der Waals surface area (Å²) in [6.07, 6.45) is 0. The Balaban J connectivity index is 1.96. The van der Waals surface area contributed by atoms with Gasteiger partial charge in [0.1, 0.15) is 20.8 Å². The number of nitrogens with one attached hydrogen (secondary N) is 2. The Kier molecular flexibility index (Phi) is 3.54. The van der Waals surface area contributed by atoms with Crippen molar-refractivity contribution >= 4 is 44.1 Å². The lowest BCUT2D eigenvalue weighted by molar-refractivity contribution is 0.0602. The van der Waals surface area contributed by atoms with E-state index in [2.05, 4.69) is 24.9 Å². The minimum Gasteiger partial charge on any atom is -0.465 e. The van der Waals surface area contributed by atoms with Crippen molar-refractivity contribution in [2.24, 2.45) is 0 Å². The number of anilines is 1. The number of nitrogens with zero attached hydrogens (tertiary/aromatic N) is 2. The van der Waals surface area contributed by atoms with Crippen LogP contribution < -0.4 is 4.72 Å². The van der Waals surface area contributed by atoms with Crippen molar-refractivity contribution in [1.82, 2.24) is 15.4 Å². The van der Waals surface area contributed by atoms with Gasteiger partial charge in [-0.1, -0.05) is 0 Å². The van der Waals surface area contributed by atoms with Gasteiger partial charge in [-0.05, 0) is 29.6 Å². The summed E-state index contributed by atoms with van der Waals surface area (Å²) in [5.41, 5.74) is 1.47. The van der Waals surface area contributed by atoms with Crippen LogP contribution in [-0.4, -0.2) is 36.9 Å². The molecule has 22 heavy (non-hydrogen) atoms. The smallest absolute Gasteiger partial charge is 0.349 e. The van der Waals surface area contributed by atoms with E-state index in [4.69, 9.17) is 0 Å². The monoisotopic (exact) mass is 338 g/mol. The molecule has 0 bridgehead atoms. The van der Waals surface area contributed by atoms with Gasteiger partial charge in [-0.25, -0.2) is 13.2 Å². The van der Waals surface area contributed by atoms with Crippen LogP contribution in [-0.2, 0) is 14.8 Å². The van der Waals surface area contributed by atoms with Gasteiger partial charge < -0.3 is 4.74 Å². The summed E-state index contributed by atoms with van der Waals surface area (Å²) in [7, 11) is -2.71. The molecule has 10 heteroatoms. The van der Waals surface area contributed by atoms with E-state index in [1.165, 1.54) is 18.6 Å². The Morgan fingerprint density at radius 1 is 1.27 bits per heavy atom. The first-order chi connectivity index (χ1) is 10.5. The first-order valence-corrected chi connectivity index (χ1v) is 8.37. The molecule has 8 nitrogen and oxygen atoms in total. The van der Waals surface area contributed by atoms with Crippen molar-refractivity contribution < 1.29 is 17.9 Å². The lowest BCUT2D eigenvalue weighted by Gasteiger charge is -2.08. The third kappa shape index (κ3) is 2.53. The number of benzene rings is 1. The van der Waals surface area contributed by atoms with Crippen LogP contribution in [0.25, 0.3) is 11.0 Å². The number of hydrogen-bond donors (Lipinski definition) is 2. The van der Waals surface area contributed by atoms with Crippen molar-refractivity contribution in [2.45, 2.75) is 4.90 Å². The molecule has 0 aliphatic rings. The maximum Gasteiger partial charge on any atom is 0.349 e. The Bertz CT molecular complexity index is 945. The van der Waals surface area contributed by atoms with Gasteiger partial charge in [0.15, 0.2) is 0 Å². The van der Waals surface area contributed by atoms with E-state index in [0.717, 1.165) is 11.3 Å². The number of methoxy groups -OCH3 is 1. The van der Waals surface area contributed by atoms with Gasteiger partial charge in [0, 0.05) is 0 Å². The second-order valence-electron chi connectivity index (χ2n) is 4.24. The molecule has 0 unspecified atom stereocenters. The molecule has 2 N–H and O–H groups in total. The van der Waals surface area contributed by atoms with Crippen LogP contribution in [0.1, 0.15) is 9.67 Å². The third-order valence-electron chi connectivity index (χ3n) is 2.86. The molecule has 2 aromatic heterocycles. The van der Waals surface area contributed by atoms with Crippen molar-refractivity contribution in [3.05, 3.63) is 34.5 Å². The summed E-state index contributed by atoms with van der Waals surface area (Å²) < 4.78 is 31.8. The van der Waals surface area contributed by atoms with Crippen molar-refractivity contribution in [1.29, 1.82) is 0 Å². The number of H-pyrrole nitrogens is 1. The SMILES string of the molecule is COC(=O)c1sccc1S(=O)(=O)Nc1ccc2n[nH]nc2c1. The van der Waals surface area contributed by atoms with Gasteiger partial charge in [-0.15, -0.1) is 11.3 Å². The minimum atomic E-state index is -3.91. The number of fused-ring (bicyclic) bond motifs is 1. The Morgan fingerprint density at radius 2 is 2.05 bits per heavy atom. The molecular formula is C12H10N4O4S2. The van der Waals surface area contributed by atoms with Crippen LogP contribution in [0, 0.1) is 0 Å². The highest BCUT2D eigenvalue weighted by Gasteiger charge is 2.24. The fourth-order valence-corrected chi connectivity index (χ4v) is 4.25. The van der Waals surface area contributed by atoms with E-state index in [-0.39, 0.29) is 9.77 Å².